The van der Waals surface area contributed by atoms with Crippen LogP contribution in [0.2, 0.25) is 0 Å². The molecular weight excluding hydrogens is 342 g/mol. The molecule has 0 bridgehead atoms. The van der Waals surface area contributed by atoms with Gasteiger partial charge in [-0.3, -0.25) is 14.9 Å². The van der Waals surface area contributed by atoms with Crippen LogP contribution in [0.15, 0.2) is 18.2 Å². The van der Waals surface area contributed by atoms with Crippen LogP contribution in [0, 0.1) is 15.5 Å². The molecule has 0 spiro atoms. The first-order valence-corrected chi connectivity index (χ1v) is 7.02. The van der Waals surface area contributed by atoms with Crippen molar-refractivity contribution in [3.63, 3.8) is 0 Å². The van der Waals surface area contributed by atoms with Gasteiger partial charge in [-0.1, -0.05) is 20.8 Å². The van der Waals surface area contributed by atoms with E-state index in [-0.39, 0.29) is 5.69 Å². The second-order valence-corrected chi connectivity index (χ2v) is 6.12. The van der Waals surface area contributed by atoms with E-state index in [1.165, 1.54) is 0 Å². The summed E-state index contributed by atoms with van der Waals surface area (Å²) in [5.74, 6) is -1.27. The number of nitrogens with two attached hydrogens (primary N) is 1. The van der Waals surface area contributed by atoms with Gasteiger partial charge < -0.3 is 21.1 Å². The van der Waals surface area contributed by atoms with E-state index >= 15 is 0 Å². The Morgan fingerprint density at radius 1 is 1.32 bits per heavy atom. The zero-order valence-corrected chi connectivity index (χ0v) is 13.7. The van der Waals surface area contributed by atoms with Crippen molar-refractivity contribution in [2.75, 3.05) is 5.32 Å². The molecule has 9 nitrogen and oxygen atoms in total. The maximum atomic E-state index is 12.4. The first-order chi connectivity index (χ1) is 11.4. The topological polar surface area (TPSA) is 137 Å². The molecule has 1 aromatic rings. The van der Waals surface area contributed by atoms with Crippen LogP contribution >= 0.6 is 0 Å². The number of carbonyl (C=O) groups is 2. The highest BCUT2D eigenvalue weighted by atomic mass is 19.3. The molecule has 11 heteroatoms. The monoisotopic (exact) mass is 360 g/mol. The lowest BCUT2D eigenvalue weighted by atomic mass is 9.86. The molecule has 0 saturated carbocycles. The fourth-order valence-corrected chi connectivity index (χ4v) is 1.93. The minimum absolute atomic E-state index is 0.357. The molecule has 1 atom stereocenters. The largest absolute Gasteiger partial charge is 0.433 e. The van der Waals surface area contributed by atoms with Crippen LogP contribution in [0.4, 0.5) is 25.0 Å². The molecule has 0 aliphatic heterocycles. The number of amides is 3. The number of nitro groups is 1. The predicted molar refractivity (Wildman–Crippen MR) is 84.3 cm³/mol. The van der Waals surface area contributed by atoms with Gasteiger partial charge in [0, 0.05) is 12.1 Å². The summed E-state index contributed by atoms with van der Waals surface area (Å²) in [4.78, 5) is 33.5. The number of nitrogens with one attached hydrogen (secondary N) is 2. The molecule has 0 radical (unpaired) electrons. The van der Waals surface area contributed by atoms with Crippen LogP contribution in [-0.4, -0.2) is 29.5 Å². The average molecular weight is 360 g/mol. The van der Waals surface area contributed by atoms with E-state index in [1.807, 2.05) is 0 Å². The molecule has 25 heavy (non-hydrogen) atoms. The van der Waals surface area contributed by atoms with Crippen LogP contribution in [0.25, 0.3) is 0 Å². The number of non-ortho nitro benzene ring substituents is 1. The summed E-state index contributed by atoms with van der Waals surface area (Å²) >= 11 is 0. The zero-order valence-electron chi connectivity index (χ0n) is 13.7. The van der Waals surface area contributed by atoms with Crippen LogP contribution in [0.3, 0.4) is 0 Å². The molecule has 1 aromatic carbocycles. The van der Waals surface area contributed by atoms with Gasteiger partial charge in [0.1, 0.15) is 11.8 Å². The van der Waals surface area contributed by atoms with Gasteiger partial charge in [0.15, 0.2) is 0 Å². The summed E-state index contributed by atoms with van der Waals surface area (Å²) in [5.41, 5.74) is 3.71. The number of hydrogen-bond acceptors (Lipinski definition) is 5. The van der Waals surface area contributed by atoms with Crippen molar-refractivity contribution in [1.29, 1.82) is 0 Å². The summed E-state index contributed by atoms with van der Waals surface area (Å²) in [6, 6.07) is 0.703. The molecule has 0 saturated heterocycles. The van der Waals surface area contributed by atoms with E-state index in [1.54, 1.807) is 20.8 Å². The number of primary amides is 1. The summed E-state index contributed by atoms with van der Waals surface area (Å²) < 4.78 is 29.1. The van der Waals surface area contributed by atoms with Gasteiger partial charge >= 0.3 is 12.6 Å². The molecule has 0 heterocycles. The van der Waals surface area contributed by atoms with E-state index in [0.29, 0.717) is 0 Å². The number of hydrogen-bond donors (Lipinski definition) is 3. The first-order valence-electron chi connectivity index (χ1n) is 7.02. The Morgan fingerprint density at radius 2 is 1.92 bits per heavy atom. The number of rotatable bonds is 6. The summed E-state index contributed by atoms with van der Waals surface area (Å²) in [5, 5.41) is 15.2. The number of carbonyl (C=O) groups excluding carboxylic acids is 2. The third kappa shape index (κ3) is 5.86. The van der Waals surface area contributed by atoms with Gasteiger partial charge in [-0.05, 0) is 11.5 Å². The second kappa shape index (κ2) is 7.73. The van der Waals surface area contributed by atoms with Gasteiger partial charge in [-0.15, -0.1) is 0 Å². The maximum Gasteiger partial charge on any atom is 0.387 e. The van der Waals surface area contributed by atoms with Gasteiger partial charge in [0.25, 0.3) is 5.69 Å². The Morgan fingerprint density at radius 3 is 2.36 bits per heavy atom. The van der Waals surface area contributed by atoms with E-state index in [4.69, 9.17) is 5.73 Å². The second-order valence-electron chi connectivity index (χ2n) is 6.12. The SMILES string of the molecule is CC(C)(C)[C@H](NC(=O)Nc1cc([N+](=O)[O-])ccc1OC(F)F)C(N)=O. The van der Waals surface area contributed by atoms with E-state index in [9.17, 15) is 28.5 Å². The van der Waals surface area contributed by atoms with Crippen molar-refractivity contribution in [2.24, 2.45) is 11.1 Å². The number of anilines is 1. The molecule has 0 aliphatic rings. The molecule has 4 N–H and O–H groups in total. The standard InChI is InChI=1S/C14H18F2N4O5/c1-14(2,3)10(11(17)21)19-13(22)18-8-6-7(20(23)24)4-5-9(8)25-12(15)16/h4-6,10,12H,1-3H3,(H2,17,21)(H2,18,19,22)/t10-/m1/s1. The highest BCUT2D eigenvalue weighted by molar-refractivity contribution is 5.95. The van der Waals surface area contributed by atoms with Gasteiger partial charge in [-0.25, -0.2) is 4.79 Å². The number of benzene rings is 1. The maximum absolute atomic E-state index is 12.4. The Hall–Kier alpha value is -2.98. The lowest BCUT2D eigenvalue weighted by molar-refractivity contribution is -0.384. The fourth-order valence-electron chi connectivity index (χ4n) is 1.93. The fraction of sp³-hybridized carbons (Fsp3) is 0.429. The van der Waals surface area contributed by atoms with Crippen molar-refractivity contribution >= 4 is 23.3 Å². The molecule has 0 aliphatic carbocycles. The molecule has 1 rings (SSSR count). The Balaban J connectivity index is 3.06. The van der Waals surface area contributed by atoms with Crippen molar-refractivity contribution in [2.45, 2.75) is 33.4 Å². The molecule has 3 amide bonds. The minimum Gasteiger partial charge on any atom is -0.433 e. The van der Waals surface area contributed by atoms with E-state index in [0.717, 1.165) is 18.2 Å². The lowest BCUT2D eigenvalue weighted by Gasteiger charge is -2.28. The molecule has 0 unspecified atom stereocenters. The van der Waals surface area contributed by atoms with Crippen molar-refractivity contribution in [3.05, 3.63) is 28.3 Å². The first kappa shape index (κ1) is 20.1. The Labute approximate surface area is 141 Å². The normalized spacial score (nSPS) is 12.4. The molecule has 0 fully saturated rings. The van der Waals surface area contributed by atoms with Gasteiger partial charge in [0.05, 0.1) is 10.6 Å². The van der Waals surface area contributed by atoms with Gasteiger partial charge in [-0.2, -0.15) is 8.78 Å². The van der Waals surface area contributed by atoms with Crippen LogP contribution < -0.4 is 21.1 Å². The smallest absolute Gasteiger partial charge is 0.387 e. The van der Waals surface area contributed by atoms with Crippen molar-refractivity contribution in [1.82, 2.24) is 5.32 Å². The molecular formula is C14H18F2N4O5. The van der Waals surface area contributed by atoms with Gasteiger partial charge in [0.2, 0.25) is 5.91 Å². The summed E-state index contributed by atoms with van der Waals surface area (Å²) in [7, 11) is 0. The minimum atomic E-state index is -3.20. The van der Waals surface area contributed by atoms with Crippen molar-refractivity contribution in [3.8, 4) is 5.75 Å². The van der Waals surface area contributed by atoms with E-state index < -0.39 is 46.4 Å². The summed E-state index contributed by atoms with van der Waals surface area (Å²) in [6.07, 6.45) is 0. The number of alkyl halides is 2. The van der Waals surface area contributed by atoms with Crippen molar-refractivity contribution < 1.29 is 28.0 Å². The highest BCUT2D eigenvalue weighted by Crippen LogP contribution is 2.30. The van der Waals surface area contributed by atoms with E-state index in [2.05, 4.69) is 15.4 Å². The lowest BCUT2D eigenvalue weighted by Crippen LogP contribution is -2.53. The third-order valence-corrected chi connectivity index (χ3v) is 3.06. The zero-order chi connectivity index (χ0) is 19.4. The molecule has 0 aromatic heterocycles. The van der Waals surface area contributed by atoms with Crippen LogP contribution in [0.1, 0.15) is 20.8 Å². The Kier molecular flexibility index (Phi) is 6.20. The number of halogens is 2. The molecule has 138 valence electrons. The quantitative estimate of drug-likeness (QED) is 0.528. The highest BCUT2D eigenvalue weighted by Gasteiger charge is 2.31. The number of urea groups is 1. The van der Waals surface area contributed by atoms with Crippen LogP contribution in [-0.2, 0) is 4.79 Å². The third-order valence-electron chi connectivity index (χ3n) is 3.06. The van der Waals surface area contributed by atoms with Crippen LogP contribution in [0.5, 0.6) is 5.75 Å². The predicted octanol–water partition coefficient (Wildman–Crippen LogP) is 2.22. The number of nitrogens with zero attached hydrogens (tertiary/aromatic N) is 1. The number of ether oxygens (including phenoxy) is 1. The summed E-state index contributed by atoms with van der Waals surface area (Å²) in [6.45, 7) is 1.77. The Bertz CT molecular complexity index is 676. The average Bonchev–Trinajstić information content (AvgIpc) is 2.44. The number of nitro benzene ring substituents is 1.